The summed E-state index contributed by atoms with van der Waals surface area (Å²) >= 11 is 0. The summed E-state index contributed by atoms with van der Waals surface area (Å²) < 4.78 is 0. The predicted octanol–water partition coefficient (Wildman–Crippen LogP) is 2.29. The Morgan fingerprint density at radius 1 is 1.05 bits per heavy atom. The fourth-order valence-corrected chi connectivity index (χ4v) is 2.86. The molecular weight excluding hydrogens is 254 g/mol. The molecule has 1 amide bonds. The molecule has 2 aliphatic rings. The molecule has 0 saturated heterocycles. The predicted molar refractivity (Wildman–Crippen MR) is 73.9 cm³/mol. The molecule has 0 aliphatic heterocycles. The van der Waals surface area contributed by atoms with Crippen LogP contribution in [0.25, 0.3) is 0 Å². The molecule has 2 unspecified atom stereocenters. The highest BCUT2D eigenvalue weighted by Gasteiger charge is 2.45. The second kappa shape index (κ2) is 5.27. The first-order chi connectivity index (χ1) is 9.66. The molecule has 0 radical (unpaired) electrons. The van der Waals surface area contributed by atoms with Crippen molar-refractivity contribution < 1.29 is 14.7 Å². The number of carbonyl (C=O) groups is 2. The molecule has 0 heterocycles. The van der Waals surface area contributed by atoms with Crippen molar-refractivity contribution in [2.75, 3.05) is 0 Å². The lowest BCUT2D eigenvalue weighted by Crippen LogP contribution is -2.46. The fourth-order valence-electron chi connectivity index (χ4n) is 2.86. The van der Waals surface area contributed by atoms with Crippen molar-refractivity contribution in [3.63, 3.8) is 0 Å². The van der Waals surface area contributed by atoms with Gasteiger partial charge in [-0.05, 0) is 31.2 Å². The van der Waals surface area contributed by atoms with E-state index in [1.807, 2.05) is 35.2 Å². The van der Waals surface area contributed by atoms with E-state index >= 15 is 0 Å². The van der Waals surface area contributed by atoms with Gasteiger partial charge in [-0.1, -0.05) is 30.3 Å². The SMILES string of the molecule is O=C(O)C1CCC1C(=O)N(Cc1ccccc1)C1CC1. The van der Waals surface area contributed by atoms with Gasteiger partial charge in [-0.2, -0.15) is 0 Å². The van der Waals surface area contributed by atoms with Crippen LogP contribution in [0, 0.1) is 11.8 Å². The molecule has 0 bridgehead atoms. The van der Waals surface area contributed by atoms with Gasteiger partial charge in [-0.15, -0.1) is 0 Å². The smallest absolute Gasteiger partial charge is 0.307 e. The zero-order valence-corrected chi connectivity index (χ0v) is 11.4. The van der Waals surface area contributed by atoms with Crippen molar-refractivity contribution in [3.8, 4) is 0 Å². The third-order valence-corrected chi connectivity index (χ3v) is 4.38. The summed E-state index contributed by atoms with van der Waals surface area (Å²) in [7, 11) is 0. The highest BCUT2D eigenvalue weighted by atomic mass is 16.4. The lowest BCUT2D eigenvalue weighted by Gasteiger charge is -2.36. The van der Waals surface area contributed by atoms with E-state index in [9.17, 15) is 9.59 Å². The second-order valence-corrected chi connectivity index (χ2v) is 5.81. The molecule has 4 heteroatoms. The Morgan fingerprint density at radius 2 is 1.70 bits per heavy atom. The first kappa shape index (κ1) is 13.2. The van der Waals surface area contributed by atoms with Gasteiger partial charge < -0.3 is 10.0 Å². The van der Waals surface area contributed by atoms with Gasteiger partial charge in [0.25, 0.3) is 0 Å². The van der Waals surface area contributed by atoms with Gasteiger partial charge in [0, 0.05) is 12.6 Å². The minimum Gasteiger partial charge on any atom is -0.481 e. The summed E-state index contributed by atoms with van der Waals surface area (Å²) in [6.45, 7) is 0.604. The fraction of sp³-hybridized carbons (Fsp3) is 0.500. The van der Waals surface area contributed by atoms with Crippen LogP contribution in [-0.4, -0.2) is 27.9 Å². The third kappa shape index (κ3) is 2.55. The number of nitrogens with zero attached hydrogens (tertiary/aromatic N) is 1. The van der Waals surface area contributed by atoms with Gasteiger partial charge in [0.15, 0.2) is 0 Å². The number of carboxylic acids is 1. The number of amides is 1. The summed E-state index contributed by atoms with van der Waals surface area (Å²) in [4.78, 5) is 25.6. The molecule has 2 aliphatic carbocycles. The molecule has 20 heavy (non-hydrogen) atoms. The van der Waals surface area contributed by atoms with Gasteiger partial charge in [0.2, 0.25) is 5.91 Å². The Hall–Kier alpha value is -1.84. The van der Waals surface area contributed by atoms with Crippen molar-refractivity contribution >= 4 is 11.9 Å². The lowest BCUT2D eigenvalue weighted by atomic mass is 9.73. The minimum absolute atomic E-state index is 0.0370. The van der Waals surface area contributed by atoms with E-state index in [2.05, 4.69) is 0 Å². The molecule has 0 aromatic heterocycles. The zero-order chi connectivity index (χ0) is 14.1. The zero-order valence-electron chi connectivity index (χ0n) is 11.4. The van der Waals surface area contributed by atoms with Crippen molar-refractivity contribution in [2.24, 2.45) is 11.8 Å². The van der Waals surface area contributed by atoms with Crippen LogP contribution in [0.2, 0.25) is 0 Å². The van der Waals surface area contributed by atoms with Gasteiger partial charge in [-0.3, -0.25) is 9.59 Å². The first-order valence-electron chi connectivity index (χ1n) is 7.24. The van der Waals surface area contributed by atoms with Crippen molar-refractivity contribution in [1.82, 2.24) is 4.90 Å². The van der Waals surface area contributed by atoms with Gasteiger partial charge >= 0.3 is 5.97 Å². The largest absolute Gasteiger partial charge is 0.481 e. The maximum Gasteiger partial charge on any atom is 0.307 e. The summed E-state index contributed by atoms with van der Waals surface area (Å²) in [6.07, 6.45) is 3.44. The molecule has 2 fully saturated rings. The number of aliphatic carboxylic acids is 1. The average Bonchev–Trinajstić information content (AvgIpc) is 3.19. The Kier molecular flexibility index (Phi) is 3.47. The van der Waals surface area contributed by atoms with Crippen LogP contribution in [0.3, 0.4) is 0 Å². The van der Waals surface area contributed by atoms with Crippen LogP contribution < -0.4 is 0 Å². The Bertz CT molecular complexity index is 510. The molecule has 4 nitrogen and oxygen atoms in total. The highest BCUT2D eigenvalue weighted by Crippen LogP contribution is 2.39. The van der Waals surface area contributed by atoms with Crippen LogP contribution in [0.4, 0.5) is 0 Å². The third-order valence-electron chi connectivity index (χ3n) is 4.38. The van der Waals surface area contributed by atoms with Crippen molar-refractivity contribution in [3.05, 3.63) is 35.9 Å². The van der Waals surface area contributed by atoms with Gasteiger partial charge in [-0.25, -0.2) is 0 Å². The normalized spacial score (nSPS) is 24.8. The number of carbonyl (C=O) groups excluding carboxylic acids is 1. The monoisotopic (exact) mass is 273 g/mol. The maximum absolute atomic E-state index is 12.6. The van der Waals surface area contributed by atoms with Gasteiger partial charge in [0.05, 0.1) is 11.8 Å². The molecular formula is C16H19NO3. The van der Waals surface area contributed by atoms with Crippen LogP contribution in [0.15, 0.2) is 30.3 Å². The topological polar surface area (TPSA) is 57.6 Å². The van der Waals surface area contributed by atoms with E-state index in [1.165, 1.54) is 0 Å². The Morgan fingerprint density at radius 3 is 2.20 bits per heavy atom. The number of hydrogen-bond donors (Lipinski definition) is 1. The summed E-state index contributed by atoms with van der Waals surface area (Å²) in [5.74, 6) is -1.57. The van der Waals surface area contributed by atoms with Crippen molar-refractivity contribution in [1.29, 1.82) is 0 Å². The number of benzene rings is 1. The average molecular weight is 273 g/mol. The summed E-state index contributed by atoms with van der Waals surface area (Å²) in [5.41, 5.74) is 1.11. The van der Waals surface area contributed by atoms with Crippen LogP contribution >= 0.6 is 0 Å². The lowest BCUT2D eigenvalue weighted by molar-refractivity contribution is -0.157. The molecule has 0 spiro atoms. The first-order valence-corrected chi connectivity index (χ1v) is 7.24. The van der Waals surface area contributed by atoms with E-state index in [4.69, 9.17) is 5.11 Å². The second-order valence-electron chi connectivity index (χ2n) is 5.81. The molecule has 1 aromatic rings. The van der Waals surface area contributed by atoms with Crippen LogP contribution in [-0.2, 0) is 16.1 Å². The molecule has 1 N–H and O–H groups in total. The van der Waals surface area contributed by atoms with E-state index in [0.29, 0.717) is 25.4 Å². The maximum atomic E-state index is 12.6. The van der Waals surface area contributed by atoms with Gasteiger partial charge in [0.1, 0.15) is 0 Å². The molecule has 1 aromatic carbocycles. The Labute approximate surface area is 118 Å². The van der Waals surface area contributed by atoms with E-state index in [-0.39, 0.29) is 11.8 Å². The minimum atomic E-state index is -0.829. The van der Waals surface area contributed by atoms with Crippen LogP contribution in [0.1, 0.15) is 31.2 Å². The van der Waals surface area contributed by atoms with E-state index in [0.717, 1.165) is 18.4 Å². The Balaban J connectivity index is 1.71. The van der Waals surface area contributed by atoms with E-state index < -0.39 is 11.9 Å². The summed E-state index contributed by atoms with van der Waals surface area (Å²) in [5, 5.41) is 9.11. The summed E-state index contributed by atoms with van der Waals surface area (Å²) in [6, 6.07) is 10.2. The molecule has 2 atom stereocenters. The number of hydrogen-bond acceptors (Lipinski definition) is 2. The van der Waals surface area contributed by atoms with E-state index in [1.54, 1.807) is 0 Å². The number of rotatable bonds is 5. The quantitative estimate of drug-likeness (QED) is 0.895. The van der Waals surface area contributed by atoms with Crippen LogP contribution in [0.5, 0.6) is 0 Å². The standard InChI is InChI=1S/C16H19NO3/c18-15(13-8-9-14(13)16(19)20)17(12-6-7-12)10-11-4-2-1-3-5-11/h1-5,12-14H,6-10H2,(H,19,20). The molecule has 106 valence electrons. The molecule has 2 saturated carbocycles. The highest BCUT2D eigenvalue weighted by molar-refractivity contribution is 5.86. The van der Waals surface area contributed by atoms with Crippen molar-refractivity contribution in [2.45, 2.75) is 38.3 Å². The molecule has 3 rings (SSSR count). The number of carboxylic acid groups (broad SMARTS) is 1.